The second-order valence-corrected chi connectivity index (χ2v) is 6.09. The monoisotopic (exact) mass is 250 g/mol. The van der Waals surface area contributed by atoms with Crippen LogP contribution in [-0.2, 0) is 20.3 Å². The zero-order valence-electron chi connectivity index (χ0n) is 7.97. The van der Waals surface area contributed by atoms with Crippen molar-refractivity contribution in [3.8, 4) is 0 Å². The Bertz CT molecular complexity index is 436. The molecule has 0 aromatic carbocycles. The number of hydrogen-bond donors (Lipinski definition) is 0. The number of hydrogen-bond acceptors (Lipinski definition) is 4. The standard InChI is InChI=1S/C8H11ClN2O3S/c9-15(12,13)8-4-11(6-10-8)3-7-1-2-14-5-7/h4,6-7H,1-3,5H2. The lowest BCUT2D eigenvalue weighted by Gasteiger charge is -2.06. The number of halogens is 1. The van der Waals surface area contributed by atoms with Crippen molar-refractivity contribution in [2.24, 2.45) is 5.92 Å². The van der Waals surface area contributed by atoms with E-state index < -0.39 is 9.05 Å². The highest BCUT2D eigenvalue weighted by atomic mass is 35.7. The highest BCUT2D eigenvalue weighted by Crippen LogP contribution is 2.17. The van der Waals surface area contributed by atoms with E-state index >= 15 is 0 Å². The van der Waals surface area contributed by atoms with Crippen molar-refractivity contribution in [2.75, 3.05) is 13.2 Å². The van der Waals surface area contributed by atoms with Gasteiger partial charge < -0.3 is 9.30 Å². The topological polar surface area (TPSA) is 61.2 Å². The van der Waals surface area contributed by atoms with Gasteiger partial charge in [-0.25, -0.2) is 13.4 Å². The molecule has 0 aliphatic carbocycles. The molecule has 1 aliphatic heterocycles. The third kappa shape index (κ3) is 2.70. The summed E-state index contributed by atoms with van der Waals surface area (Å²) in [5.74, 6) is 0.435. The van der Waals surface area contributed by atoms with Gasteiger partial charge >= 0.3 is 0 Å². The van der Waals surface area contributed by atoms with E-state index in [4.69, 9.17) is 15.4 Å². The molecule has 7 heteroatoms. The molecule has 0 radical (unpaired) electrons. The smallest absolute Gasteiger partial charge is 0.280 e. The highest BCUT2D eigenvalue weighted by molar-refractivity contribution is 8.13. The van der Waals surface area contributed by atoms with Crippen LogP contribution in [0.5, 0.6) is 0 Å². The molecule has 5 nitrogen and oxygen atoms in total. The average molecular weight is 251 g/mol. The van der Waals surface area contributed by atoms with Crippen molar-refractivity contribution in [1.29, 1.82) is 0 Å². The summed E-state index contributed by atoms with van der Waals surface area (Å²) in [5.41, 5.74) is 0. The molecule has 0 amide bonds. The van der Waals surface area contributed by atoms with Crippen LogP contribution in [0, 0.1) is 5.92 Å². The molecule has 1 fully saturated rings. The number of aromatic nitrogens is 2. The van der Waals surface area contributed by atoms with Crippen LogP contribution in [-0.4, -0.2) is 31.2 Å². The molecule has 2 heterocycles. The number of imidazole rings is 1. The van der Waals surface area contributed by atoms with E-state index in [1.807, 2.05) is 0 Å². The van der Waals surface area contributed by atoms with Gasteiger partial charge in [-0.2, -0.15) is 0 Å². The molecule has 1 aromatic heterocycles. The van der Waals surface area contributed by atoms with Crippen LogP contribution >= 0.6 is 10.7 Å². The summed E-state index contributed by atoms with van der Waals surface area (Å²) < 4.78 is 28.9. The fourth-order valence-corrected chi connectivity index (χ4v) is 2.26. The van der Waals surface area contributed by atoms with Crippen molar-refractivity contribution in [2.45, 2.75) is 18.0 Å². The summed E-state index contributed by atoms with van der Waals surface area (Å²) in [6.07, 6.45) is 3.93. The Morgan fingerprint density at radius 1 is 1.67 bits per heavy atom. The third-order valence-electron chi connectivity index (χ3n) is 2.35. The van der Waals surface area contributed by atoms with E-state index in [0.717, 1.165) is 26.2 Å². The third-order valence-corrected chi connectivity index (χ3v) is 3.54. The maximum atomic E-state index is 10.9. The van der Waals surface area contributed by atoms with E-state index in [1.54, 1.807) is 4.57 Å². The minimum atomic E-state index is -3.71. The molecular weight excluding hydrogens is 240 g/mol. The highest BCUT2D eigenvalue weighted by Gasteiger charge is 2.18. The van der Waals surface area contributed by atoms with Gasteiger partial charge in [0.2, 0.25) is 0 Å². The van der Waals surface area contributed by atoms with Gasteiger partial charge in [-0.05, 0) is 6.42 Å². The number of ether oxygens (including phenoxy) is 1. The maximum Gasteiger partial charge on any atom is 0.280 e. The van der Waals surface area contributed by atoms with Crippen LogP contribution in [0.4, 0.5) is 0 Å². The second kappa shape index (κ2) is 4.11. The fraction of sp³-hybridized carbons (Fsp3) is 0.625. The molecule has 0 saturated carbocycles. The zero-order chi connectivity index (χ0) is 10.9. The van der Waals surface area contributed by atoms with Gasteiger partial charge in [0.05, 0.1) is 12.9 Å². The molecule has 1 unspecified atom stereocenters. The molecule has 0 bridgehead atoms. The minimum absolute atomic E-state index is 0.0944. The second-order valence-electron chi connectivity index (χ2n) is 3.58. The first-order valence-corrected chi connectivity index (χ1v) is 6.91. The van der Waals surface area contributed by atoms with Crippen molar-refractivity contribution in [3.63, 3.8) is 0 Å². The Labute approximate surface area is 92.4 Å². The molecule has 84 valence electrons. The van der Waals surface area contributed by atoms with Gasteiger partial charge in [0.25, 0.3) is 9.05 Å². The van der Waals surface area contributed by atoms with Crippen LogP contribution in [0.15, 0.2) is 17.6 Å². The summed E-state index contributed by atoms with van der Waals surface area (Å²) in [6, 6.07) is 0. The summed E-state index contributed by atoms with van der Waals surface area (Å²) in [4.78, 5) is 3.73. The lowest BCUT2D eigenvalue weighted by molar-refractivity contribution is 0.182. The Balaban J connectivity index is 2.07. The Morgan fingerprint density at radius 3 is 3.00 bits per heavy atom. The predicted octanol–water partition coefficient (Wildman–Crippen LogP) is 0.847. The fourth-order valence-electron chi connectivity index (χ4n) is 1.59. The predicted molar refractivity (Wildman–Crippen MR) is 54.2 cm³/mol. The van der Waals surface area contributed by atoms with Gasteiger partial charge in [0.1, 0.15) is 0 Å². The van der Waals surface area contributed by atoms with Crippen LogP contribution in [0.1, 0.15) is 6.42 Å². The molecule has 1 atom stereocenters. The average Bonchev–Trinajstić information content (AvgIpc) is 2.73. The first-order chi connectivity index (χ1) is 7.05. The lowest BCUT2D eigenvalue weighted by atomic mass is 10.1. The first kappa shape index (κ1) is 10.9. The van der Waals surface area contributed by atoms with E-state index in [9.17, 15) is 8.42 Å². The van der Waals surface area contributed by atoms with E-state index in [-0.39, 0.29) is 5.03 Å². The van der Waals surface area contributed by atoms with Gasteiger partial charge in [-0.3, -0.25) is 0 Å². The van der Waals surface area contributed by atoms with E-state index in [2.05, 4.69) is 4.98 Å². The van der Waals surface area contributed by atoms with Crippen LogP contribution in [0.2, 0.25) is 0 Å². The lowest BCUT2D eigenvalue weighted by Crippen LogP contribution is -2.08. The maximum absolute atomic E-state index is 10.9. The molecular formula is C8H11ClN2O3S. The van der Waals surface area contributed by atoms with Crippen molar-refractivity contribution < 1.29 is 13.2 Å². The Hall–Kier alpha value is -0.590. The molecule has 1 aliphatic rings. The molecule has 1 saturated heterocycles. The molecule has 1 aromatic rings. The number of rotatable bonds is 3. The Morgan fingerprint density at radius 2 is 2.47 bits per heavy atom. The summed E-state index contributed by atoms with van der Waals surface area (Å²) in [6.45, 7) is 2.22. The van der Waals surface area contributed by atoms with Crippen molar-refractivity contribution in [3.05, 3.63) is 12.5 Å². The summed E-state index contributed by atoms with van der Waals surface area (Å²) >= 11 is 0. The van der Waals surface area contributed by atoms with Crippen LogP contribution in [0.25, 0.3) is 0 Å². The van der Waals surface area contributed by atoms with Crippen molar-refractivity contribution >= 4 is 19.7 Å². The largest absolute Gasteiger partial charge is 0.381 e. The van der Waals surface area contributed by atoms with E-state index in [1.165, 1.54) is 12.5 Å². The van der Waals surface area contributed by atoms with E-state index in [0.29, 0.717) is 5.92 Å². The molecule has 15 heavy (non-hydrogen) atoms. The first-order valence-electron chi connectivity index (χ1n) is 4.60. The van der Waals surface area contributed by atoms with Gasteiger partial charge in [0, 0.05) is 35.9 Å². The molecule has 0 N–H and O–H groups in total. The molecule has 0 spiro atoms. The van der Waals surface area contributed by atoms with Gasteiger partial charge in [-0.1, -0.05) is 0 Å². The summed E-state index contributed by atoms with van der Waals surface area (Å²) in [5, 5.41) is -0.0944. The zero-order valence-corrected chi connectivity index (χ0v) is 9.54. The minimum Gasteiger partial charge on any atom is -0.381 e. The Kier molecular flexibility index (Phi) is 2.99. The van der Waals surface area contributed by atoms with Crippen LogP contribution in [0.3, 0.4) is 0 Å². The molecule has 2 rings (SSSR count). The SMILES string of the molecule is O=S(=O)(Cl)c1cn(CC2CCOC2)cn1. The van der Waals surface area contributed by atoms with Crippen molar-refractivity contribution in [1.82, 2.24) is 9.55 Å². The quantitative estimate of drug-likeness (QED) is 0.746. The van der Waals surface area contributed by atoms with Gasteiger partial charge in [0.15, 0.2) is 5.03 Å². The normalized spacial score (nSPS) is 22.1. The van der Waals surface area contributed by atoms with Gasteiger partial charge in [-0.15, -0.1) is 0 Å². The summed E-state index contributed by atoms with van der Waals surface area (Å²) in [7, 11) is 1.45. The van der Waals surface area contributed by atoms with Crippen LogP contribution < -0.4 is 0 Å². The number of nitrogens with zero attached hydrogens (tertiary/aromatic N) is 2.